The van der Waals surface area contributed by atoms with Gasteiger partial charge in [0.05, 0.1) is 11.4 Å². The molecule has 8 heteroatoms. The van der Waals surface area contributed by atoms with E-state index in [1.165, 1.54) is 13.1 Å². The lowest BCUT2D eigenvalue weighted by Crippen LogP contribution is -2.54. The summed E-state index contributed by atoms with van der Waals surface area (Å²) < 4.78 is 8.11. The van der Waals surface area contributed by atoms with E-state index >= 15 is 0 Å². The largest absolute Gasteiger partial charge is 0.457 e. The Labute approximate surface area is 210 Å². The fraction of sp³-hybridized carbons (Fsp3) is 0.393. The molecule has 1 aliphatic carbocycles. The summed E-state index contributed by atoms with van der Waals surface area (Å²) >= 11 is 0. The lowest BCUT2D eigenvalue weighted by Gasteiger charge is -2.42. The third-order valence-corrected chi connectivity index (χ3v) is 8.37. The Kier molecular flexibility index (Phi) is 5.18. The molecule has 1 saturated carbocycles. The van der Waals surface area contributed by atoms with Gasteiger partial charge in [0, 0.05) is 24.7 Å². The molecule has 0 spiro atoms. The van der Waals surface area contributed by atoms with Crippen LogP contribution in [0.2, 0.25) is 0 Å². The van der Waals surface area contributed by atoms with Crippen molar-refractivity contribution in [1.29, 1.82) is 0 Å². The van der Waals surface area contributed by atoms with E-state index in [-0.39, 0.29) is 0 Å². The number of likely N-dealkylation sites (tertiary alicyclic amines) is 1. The van der Waals surface area contributed by atoms with E-state index in [2.05, 4.69) is 31.9 Å². The molecule has 3 fully saturated rings. The first kappa shape index (κ1) is 21.8. The standard InChI is InChI=1S/C28H31N7O/c1-34-14-19(15-34)25-23-12-20(11-18(23)13-30-25)35-28-24(27(29)31-16-32-28)26(33-35)17-7-9-22(10-8-17)36-21-5-3-2-4-6-21/h2-10,16,18-20,23,25,30H,11-15H2,1H3,(H2,29,31,32)/t18-,20+,23+,25-/m1/s1. The van der Waals surface area contributed by atoms with Gasteiger partial charge < -0.3 is 20.7 Å². The number of benzene rings is 2. The molecule has 8 nitrogen and oxygen atoms in total. The normalized spacial score (nSPS) is 26.2. The van der Waals surface area contributed by atoms with E-state index in [9.17, 15) is 0 Å². The van der Waals surface area contributed by atoms with E-state index in [1.54, 1.807) is 6.33 Å². The molecule has 4 atom stereocenters. The first-order chi connectivity index (χ1) is 17.6. The monoisotopic (exact) mass is 481 g/mol. The van der Waals surface area contributed by atoms with Gasteiger partial charge >= 0.3 is 0 Å². The highest BCUT2D eigenvalue weighted by Gasteiger charge is 2.48. The Bertz CT molecular complexity index is 1380. The maximum atomic E-state index is 6.39. The summed E-state index contributed by atoms with van der Waals surface area (Å²) in [5, 5.41) is 9.80. The smallest absolute Gasteiger partial charge is 0.164 e. The van der Waals surface area contributed by atoms with Crippen LogP contribution in [0.4, 0.5) is 5.82 Å². The number of aromatic nitrogens is 4. The number of nitrogens with zero attached hydrogens (tertiary/aromatic N) is 5. The number of nitrogen functional groups attached to an aromatic ring is 1. The molecule has 4 heterocycles. The number of para-hydroxylation sites is 1. The number of fused-ring (bicyclic) bond motifs is 2. The van der Waals surface area contributed by atoms with Crippen molar-refractivity contribution in [3.8, 4) is 22.8 Å². The number of hydrogen-bond acceptors (Lipinski definition) is 7. The van der Waals surface area contributed by atoms with Crippen molar-refractivity contribution in [2.24, 2.45) is 17.8 Å². The van der Waals surface area contributed by atoms with Gasteiger partial charge in [-0.2, -0.15) is 5.10 Å². The Hall–Kier alpha value is -3.49. The predicted molar refractivity (Wildman–Crippen MR) is 140 cm³/mol. The molecule has 2 aliphatic heterocycles. The quantitative estimate of drug-likeness (QED) is 0.445. The van der Waals surface area contributed by atoms with Gasteiger partial charge in [-0.05, 0) is 80.6 Å². The lowest BCUT2D eigenvalue weighted by molar-refractivity contribution is 0.0874. The van der Waals surface area contributed by atoms with E-state index < -0.39 is 0 Å². The number of rotatable bonds is 5. The van der Waals surface area contributed by atoms with E-state index in [4.69, 9.17) is 15.6 Å². The lowest BCUT2D eigenvalue weighted by atomic mass is 9.82. The van der Waals surface area contributed by atoms with Gasteiger partial charge in [0.1, 0.15) is 29.3 Å². The average Bonchev–Trinajstić information content (AvgIpc) is 3.57. The highest BCUT2D eigenvalue weighted by molar-refractivity contribution is 5.98. The number of hydrogen-bond donors (Lipinski definition) is 2. The second kappa shape index (κ2) is 8.57. The van der Waals surface area contributed by atoms with Crippen LogP contribution >= 0.6 is 0 Å². The van der Waals surface area contributed by atoms with Crippen molar-refractivity contribution < 1.29 is 4.74 Å². The summed E-state index contributed by atoms with van der Waals surface area (Å²) in [5.41, 5.74) is 9.04. The van der Waals surface area contributed by atoms with Crippen LogP contribution < -0.4 is 15.8 Å². The zero-order valence-corrected chi connectivity index (χ0v) is 20.4. The molecular weight excluding hydrogens is 450 g/mol. The highest BCUT2D eigenvalue weighted by atomic mass is 16.5. The number of nitrogens with one attached hydrogen (secondary N) is 1. The van der Waals surface area contributed by atoms with Gasteiger partial charge in [-0.25, -0.2) is 14.6 Å². The molecule has 0 radical (unpaired) electrons. The first-order valence-corrected chi connectivity index (χ1v) is 12.9. The molecule has 2 aromatic carbocycles. The van der Waals surface area contributed by atoms with Gasteiger partial charge in [-0.1, -0.05) is 18.2 Å². The SMILES string of the molecule is CN1CC([C@H]2NC[C@H]3C[C@H](n4nc(-c5ccc(Oc6ccccc6)cc5)c5c(N)ncnc54)C[C@@H]32)C1. The fourth-order valence-electron chi connectivity index (χ4n) is 6.69. The van der Waals surface area contributed by atoms with Crippen molar-refractivity contribution in [2.75, 3.05) is 32.4 Å². The minimum Gasteiger partial charge on any atom is -0.457 e. The zero-order chi connectivity index (χ0) is 24.2. The van der Waals surface area contributed by atoms with Crippen LogP contribution in [-0.4, -0.2) is 57.4 Å². The number of anilines is 1. The molecule has 184 valence electrons. The third kappa shape index (κ3) is 3.63. The molecule has 2 aromatic heterocycles. The van der Waals surface area contributed by atoms with Crippen LogP contribution in [0, 0.1) is 17.8 Å². The second-order valence-corrected chi connectivity index (χ2v) is 10.7. The first-order valence-electron chi connectivity index (χ1n) is 12.9. The summed E-state index contributed by atoms with van der Waals surface area (Å²) in [6.07, 6.45) is 3.81. The van der Waals surface area contributed by atoms with Crippen molar-refractivity contribution in [3.63, 3.8) is 0 Å². The Balaban J connectivity index is 1.19. The van der Waals surface area contributed by atoms with E-state index in [1.807, 2.05) is 54.6 Å². The summed E-state index contributed by atoms with van der Waals surface area (Å²) in [7, 11) is 2.21. The van der Waals surface area contributed by atoms with Crippen molar-refractivity contribution in [2.45, 2.75) is 24.9 Å². The fourth-order valence-corrected chi connectivity index (χ4v) is 6.69. The molecule has 7 rings (SSSR count). The summed E-state index contributed by atoms with van der Waals surface area (Å²) in [6.45, 7) is 3.51. The predicted octanol–water partition coefficient (Wildman–Crippen LogP) is 3.97. The molecule has 3 N–H and O–H groups in total. The molecular formula is C28H31N7O. The second-order valence-electron chi connectivity index (χ2n) is 10.7. The Morgan fingerprint density at radius 1 is 0.944 bits per heavy atom. The van der Waals surface area contributed by atoms with Crippen molar-refractivity contribution in [3.05, 3.63) is 60.9 Å². The highest BCUT2D eigenvalue weighted by Crippen LogP contribution is 2.47. The molecule has 0 amide bonds. The molecule has 4 aromatic rings. The summed E-state index contributed by atoms with van der Waals surface area (Å²) in [4.78, 5) is 11.4. The van der Waals surface area contributed by atoms with Crippen LogP contribution in [0.1, 0.15) is 18.9 Å². The zero-order valence-electron chi connectivity index (χ0n) is 20.4. The van der Waals surface area contributed by atoms with Gasteiger partial charge in [0.2, 0.25) is 0 Å². The summed E-state index contributed by atoms with van der Waals surface area (Å²) in [6, 6.07) is 18.8. The Morgan fingerprint density at radius 3 is 2.50 bits per heavy atom. The maximum absolute atomic E-state index is 6.39. The number of nitrogens with two attached hydrogens (primary N) is 1. The Morgan fingerprint density at radius 2 is 1.72 bits per heavy atom. The van der Waals surface area contributed by atoms with E-state index in [0.717, 1.165) is 59.1 Å². The maximum Gasteiger partial charge on any atom is 0.164 e. The van der Waals surface area contributed by atoms with Crippen molar-refractivity contribution in [1.82, 2.24) is 30.0 Å². The van der Waals surface area contributed by atoms with Crippen molar-refractivity contribution >= 4 is 16.9 Å². The number of ether oxygens (including phenoxy) is 1. The van der Waals surface area contributed by atoms with Gasteiger partial charge in [-0.15, -0.1) is 0 Å². The van der Waals surface area contributed by atoms with Gasteiger partial charge in [-0.3, -0.25) is 0 Å². The molecule has 3 aliphatic rings. The third-order valence-electron chi connectivity index (χ3n) is 8.37. The van der Waals surface area contributed by atoms with Crippen LogP contribution in [0.15, 0.2) is 60.9 Å². The van der Waals surface area contributed by atoms with E-state index in [0.29, 0.717) is 29.7 Å². The molecule has 0 unspecified atom stereocenters. The molecule has 2 saturated heterocycles. The van der Waals surface area contributed by atoms with Crippen LogP contribution in [0.5, 0.6) is 11.5 Å². The molecule has 36 heavy (non-hydrogen) atoms. The van der Waals surface area contributed by atoms with Gasteiger partial charge in [0.15, 0.2) is 5.65 Å². The minimum atomic E-state index is 0.327. The topological polar surface area (TPSA) is 94.1 Å². The van der Waals surface area contributed by atoms with Crippen LogP contribution in [0.25, 0.3) is 22.3 Å². The van der Waals surface area contributed by atoms with Crippen LogP contribution in [-0.2, 0) is 0 Å². The van der Waals surface area contributed by atoms with Crippen LogP contribution in [0.3, 0.4) is 0 Å². The van der Waals surface area contributed by atoms with Gasteiger partial charge in [0.25, 0.3) is 0 Å². The average molecular weight is 482 g/mol. The molecule has 0 bridgehead atoms. The minimum absolute atomic E-state index is 0.327. The summed E-state index contributed by atoms with van der Waals surface area (Å²) in [5.74, 6) is 4.23.